The van der Waals surface area contributed by atoms with Gasteiger partial charge in [0.25, 0.3) is 0 Å². The third-order valence-electron chi connectivity index (χ3n) is 4.02. The van der Waals surface area contributed by atoms with E-state index in [0.29, 0.717) is 0 Å². The maximum atomic E-state index is 12.0. The summed E-state index contributed by atoms with van der Waals surface area (Å²) < 4.78 is 0. The summed E-state index contributed by atoms with van der Waals surface area (Å²) in [5, 5.41) is 10.1. The molecule has 0 radical (unpaired) electrons. The van der Waals surface area contributed by atoms with Crippen LogP contribution < -0.4 is 9.80 Å². The van der Waals surface area contributed by atoms with E-state index in [2.05, 4.69) is 9.89 Å². The van der Waals surface area contributed by atoms with E-state index in [1.54, 1.807) is 16.7 Å². The number of hydrogen-bond acceptors (Lipinski definition) is 5. The maximum Gasteiger partial charge on any atom is 0.308 e. The summed E-state index contributed by atoms with van der Waals surface area (Å²) in [5.41, 5.74) is 1.84. The Morgan fingerprint density at radius 2 is 2.24 bits per heavy atom. The highest BCUT2D eigenvalue weighted by atomic mass is 32.2. The number of amides is 1. The van der Waals surface area contributed by atoms with Gasteiger partial charge in [-0.3, -0.25) is 14.6 Å². The molecule has 1 aromatic carbocycles. The van der Waals surface area contributed by atoms with Gasteiger partial charge in [0.1, 0.15) is 0 Å². The zero-order valence-corrected chi connectivity index (χ0v) is 12.0. The minimum Gasteiger partial charge on any atom is -0.481 e. The summed E-state index contributed by atoms with van der Waals surface area (Å²) >= 11 is 1.64. The van der Waals surface area contributed by atoms with Crippen LogP contribution in [-0.2, 0) is 9.59 Å². The fourth-order valence-corrected chi connectivity index (χ4v) is 3.99. The number of thioether (sulfide) groups is 1. The van der Waals surface area contributed by atoms with Crippen molar-refractivity contribution in [2.75, 3.05) is 29.4 Å². The molecular weight excluding hydrogens is 290 g/mol. The number of fused-ring (bicyclic) bond motifs is 3. The molecule has 1 unspecified atom stereocenters. The lowest BCUT2D eigenvalue weighted by molar-refractivity contribution is -0.141. The Bertz CT molecular complexity index is 688. The van der Waals surface area contributed by atoms with Gasteiger partial charge < -0.3 is 14.9 Å². The number of rotatable bonds is 2. The number of carbonyl (C=O) groups excluding carboxylic acids is 1. The average Bonchev–Trinajstić information content (AvgIpc) is 3.11. The lowest BCUT2D eigenvalue weighted by Crippen LogP contribution is -2.26. The molecule has 1 amide bonds. The lowest BCUT2D eigenvalue weighted by Gasteiger charge is -2.19. The van der Waals surface area contributed by atoms with Crippen LogP contribution >= 0.6 is 11.8 Å². The third-order valence-corrected chi connectivity index (χ3v) is 5.12. The topological polar surface area (TPSA) is 73.2 Å². The van der Waals surface area contributed by atoms with Crippen LogP contribution in [0.15, 0.2) is 28.1 Å². The second-order valence-corrected chi connectivity index (χ2v) is 6.32. The van der Waals surface area contributed by atoms with Gasteiger partial charge in [-0.1, -0.05) is 0 Å². The maximum absolute atomic E-state index is 12.0. The van der Waals surface area contributed by atoms with Crippen LogP contribution in [-0.4, -0.2) is 41.8 Å². The van der Waals surface area contributed by atoms with E-state index in [0.717, 1.165) is 34.5 Å². The number of carboxylic acids is 1. The summed E-state index contributed by atoms with van der Waals surface area (Å²) in [5.74, 6) is -1.64. The van der Waals surface area contributed by atoms with Crippen molar-refractivity contribution >= 4 is 40.2 Å². The molecule has 0 spiro atoms. The zero-order chi connectivity index (χ0) is 14.6. The van der Waals surface area contributed by atoms with Crippen molar-refractivity contribution in [1.82, 2.24) is 0 Å². The molecule has 0 aliphatic carbocycles. The molecular formula is C14H13N3O3S. The molecule has 21 heavy (non-hydrogen) atoms. The van der Waals surface area contributed by atoms with Crippen molar-refractivity contribution in [2.24, 2.45) is 10.9 Å². The van der Waals surface area contributed by atoms with Gasteiger partial charge >= 0.3 is 5.97 Å². The molecule has 1 atom stereocenters. The van der Waals surface area contributed by atoms with Crippen molar-refractivity contribution in [2.45, 2.75) is 11.3 Å². The van der Waals surface area contributed by atoms with Crippen molar-refractivity contribution in [3.05, 3.63) is 18.2 Å². The summed E-state index contributed by atoms with van der Waals surface area (Å²) in [6.07, 6.45) is 0.0809. The minimum atomic E-state index is -0.906. The van der Waals surface area contributed by atoms with E-state index < -0.39 is 11.9 Å². The van der Waals surface area contributed by atoms with Gasteiger partial charge in [0.15, 0.2) is 5.17 Å². The monoisotopic (exact) mass is 303 g/mol. The van der Waals surface area contributed by atoms with Crippen LogP contribution in [0.25, 0.3) is 0 Å². The molecule has 1 aromatic rings. The zero-order valence-electron chi connectivity index (χ0n) is 11.2. The highest BCUT2D eigenvalue weighted by Crippen LogP contribution is 2.44. The third kappa shape index (κ3) is 1.91. The average molecular weight is 303 g/mol. The van der Waals surface area contributed by atoms with E-state index in [-0.39, 0.29) is 18.9 Å². The van der Waals surface area contributed by atoms with Gasteiger partial charge in [-0.25, -0.2) is 0 Å². The van der Waals surface area contributed by atoms with Crippen LogP contribution in [0.4, 0.5) is 11.4 Å². The van der Waals surface area contributed by atoms with Crippen LogP contribution in [0.5, 0.6) is 0 Å². The number of nitrogens with zero attached hydrogens (tertiary/aromatic N) is 3. The lowest BCUT2D eigenvalue weighted by atomic mass is 10.1. The normalized spacial score (nSPS) is 23.3. The fraction of sp³-hybridized carbons (Fsp3) is 0.357. The fourth-order valence-electron chi connectivity index (χ4n) is 2.93. The van der Waals surface area contributed by atoms with E-state index in [1.165, 1.54) is 0 Å². The molecule has 1 saturated heterocycles. The van der Waals surface area contributed by atoms with E-state index in [4.69, 9.17) is 5.11 Å². The quantitative estimate of drug-likeness (QED) is 0.894. The Labute approximate surface area is 125 Å². The number of anilines is 2. The van der Waals surface area contributed by atoms with Gasteiger partial charge in [-0.2, -0.15) is 0 Å². The SMILES string of the molecule is O=C(O)C1CC(=O)N(c2ccc3c(c2)N2CCN=C2S3)C1. The van der Waals surface area contributed by atoms with Crippen molar-refractivity contribution < 1.29 is 14.7 Å². The molecule has 4 rings (SSSR count). The molecule has 7 heteroatoms. The largest absolute Gasteiger partial charge is 0.481 e. The Morgan fingerprint density at radius 3 is 3.00 bits per heavy atom. The molecule has 6 nitrogen and oxygen atoms in total. The minimum absolute atomic E-state index is 0.0809. The molecule has 1 fully saturated rings. The smallest absolute Gasteiger partial charge is 0.308 e. The molecule has 0 aromatic heterocycles. The standard InChI is InChI=1S/C14H13N3O3S/c18-12-5-8(13(19)20)7-17(12)9-1-2-11-10(6-9)16-4-3-15-14(16)21-11/h1-2,6,8H,3-5,7H2,(H,19,20). The first-order valence-electron chi connectivity index (χ1n) is 6.80. The predicted octanol–water partition coefficient (Wildman–Crippen LogP) is 1.41. The van der Waals surface area contributed by atoms with Gasteiger partial charge in [-0.05, 0) is 30.0 Å². The molecule has 3 heterocycles. The van der Waals surface area contributed by atoms with Crippen LogP contribution in [0, 0.1) is 5.92 Å². The number of aliphatic carboxylic acids is 1. The van der Waals surface area contributed by atoms with Crippen LogP contribution in [0.2, 0.25) is 0 Å². The first-order valence-corrected chi connectivity index (χ1v) is 7.62. The summed E-state index contributed by atoms with van der Waals surface area (Å²) in [7, 11) is 0. The highest BCUT2D eigenvalue weighted by molar-refractivity contribution is 8.14. The van der Waals surface area contributed by atoms with Crippen molar-refractivity contribution in [3.8, 4) is 0 Å². The van der Waals surface area contributed by atoms with Crippen molar-refractivity contribution in [1.29, 1.82) is 0 Å². The summed E-state index contributed by atoms with van der Waals surface area (Å²) in [6, 6.07) is 5.84. The van der Waals surface area contributed by atoms with Gasteiger partial charge in [0.05, 0.1) is 18.2 Å². The van der Waals surface area contributed by atoms with E-state index in [9.17, 15) is 9.59 Å². The Balaban J connectivity index is 1.66. The van der Waals surface area contributed by atoms with Crippen LogP contribution in [0.1, 0.15) is 6.42 Å². The Hall–Kier alpha value is -2.02. The first kappa shape index (κ1) is 12.7. The van der Waals surface area contributed by atoms with Crippen molar-refractivity contribution in [3.63, 3.8) is 0 Å². The van der Waals surface area contributed by atoms with Crippen LogP contribution in [0.3, 0.4) is 0 Å². The Kier molecular flexibility index (Phi) is 2.72. The number of benzene rings is 1. The number of amidine groups is 1. The van der Waals surface area contributed by atoms with Gasteiger partial charge in [-0.15, -0.1) is 0 Å². The number of carboxylic acid groups (broad SMARTS) is 1. The molecule has 3 aliphatic rings. The molecule has 1 N–H and O–H groups in total. The second-order valence-electron chi connectivity index (χ2n) is 5.31. The molecule has 0 saturated carbocycles. The predicted molar refractivity (Wildman–Crippen MR) is 80.0 cm³/mol. The first-order chi connectivity index (χ1) is 10.1. The van der Waals surface area contributed by atoms with Gasteiger partial charge in [0, 0.05) is 30.1 Å². The van der Waals surface area contributed by atoms with Gasteiger partial charge in [0.2, 0.25) is 5.91 Å². The summed E-state index contributed by atoms with van der Waals surface area (Å²) in [4.78, 5) is 32.4. The Morgan fingerprint density at radius 1 is 1.38 bits per heavy atom. The number of hydrogen-bond donors (Lipinski definition) is 1. The van der Waals surface area contributed by atoms with E-state index >= 15 is 0 Å². The second kappa shape index (κ2) is 4.49. The number of carbonyl (C=O) groups is 2. The molecule has 0 bridgehead atoms. The molecule has 3 aliphatic heterocycles. The molecule has 108 valence electrons. The highest BCUT2D eigenvalue weighted by Gasteiger charge is 2.36. The van der Waals surface area contributed by atoms with E-state index in [1.807, 2.05) is 18.2 Å². The summed E-state index contributed by atoms with van der Waals surface area (Å²) in [6.45, 7) is 1.92. The number of aliphatic imine (C=N–C) groups is 1.